The van der Waals surface area contributed by atoms with E-state index in [1.807, 2.05) is 32.9 Å². The number of hydrogen-bond acceptors (Lipinski definition) is 4. The lowest BCUT2D eigenvalue weighted by Gasteiger charge is -2.61. The Hall–Kier alpha value is -0.680. The van der Waals surface area contributed by atoms with Crippen LogP contribution in [-0.2, 0) is 4.74 Å². The van der Waals surface area contributed by atoms with Gasteiger partial charge in [-0.2, -0.15) is 0 Å². The van der Waals surface area contributed by atoms with Crippen molar-refractivity contribution in [3.05, 3.63) is 23.3 Å². The van der Waals surface area contributed by atoms with Crippen LogP contribution in [0, 0.1) is 11.3 Å². The van der Waals surface area contributed by atoms with E-state index in [1.165, 1.54) is 0 Å². The first-order chi connectivity index (χ1) is 9.26. The molecule has 4 atom stereocenters. The van der Waals surface area contributed by atoms with Gasteiger partial charge >= 0.3 is 0 Å². The third kappa shape index (κ3) is 2.25. The Labute approximate surface area is 120 Å². The summed E-state index contributed by atoms with van der Waals surface area (Å²) in [6.07, 6.45) is 3.91. The van der Waals surface area contributed by atoms with Crippen molar-refractivity contribution in [3.8, 4) is 0 Å². The van der Waals surface area contributed by atoms with Crippen LogP contribution in [0.3, 0.4) is 0 Å². The minimum absolute atomic E-state index is 0.122. The van der Waals surface area contributed by atoms with E-state index in [0.29, 0.717) is 6.42 Å². The topological polar surface area (TPSA) is 69.9 Å². The normalized spacial score (nSPS) is 40.5. The minimum Gasteiger partial charge on any atom is -0.392 e. The van der Waals surface area contributed by atoms with E-state index >= 15 is 0 Å². The smallest absolute Gasteiger partial charge is 0.102 e. The van der Waals surface area contributed by atoms with E-state index < -0.39 is 11.7 Å². The van der Waals surface area contributed by atoms with Crippen molar-refractivity contribution in [1.29, 1.82) is 0 Å². The summed E-state index contributed by atoms with van der Waals surface area (Å²) >= 11 is 0. The zero-order valence-electron chi connectivity index (χ0n) is 12.8. The first-order valence-electron chi connectivity index (χ1n) is 7.18. The molecule has 0 spiro atoms. The summed E-state index contributed by atoms with van der Waals surface area (Å²) < 4.78 is 5.39. The van der Waals surface area contributed by atoms with Crippen molar-refractivity contribution in [2.75, 3.05) is 13.7 Å². The van der Waals surface area contributed by atoms with Crippen molar-refractivity contribution < 1.29 is 20.1 Å². The molecule has 0 unspecified atom stereocenters. The van der Waals surface area contributed by atoms with Crippen LogP contribution in [0.5, 0.6) is 0 Å². The number of aliphatic hydroxyl groups is 3. The molecule has 0 heterocycles. The molecule has 0 aliphatic heterocycles. The maximum absolute atomic E-state index is 11.1. The number of methoxy groups -OCH3 is 1. The summed E-state index contributed by atoms with van der Waals surface area (Å²) in [5.74, 6) is -0.213. The SMILES string of the molecule is CO[C@@H]1C=C(C)C[C@H](O)[C@]2(O)[C@H](CC2(C)C)C(CO)=C1. The molecular formula is C16H26O4. The Morgan fingerprint density at radius 2 is 2.00 bits per heavy atom. The molecule has 0 aromatic rings. The van der Waals surface area contributed by atoms with Crippen molar-refractivity contribution >= 4 is 0 Å². The molecule has 0 saturated heterocycles. The second kappa shape index (κ2) is 5.26. The fraction of sp³-hybridized carbons (Fsp3) is 0.750. The molecule has 1 saturated carbocycles. The zero-order chi connectivity index (χ0) is 15.1. The van der Waals surface area contributed by atoms with Crippen molar-refractivity contribution in [2.24, 2.45) is 11.3 Å². The molecule has 4 nitrogen and oxygen atoms in total. The Bertz CT molecular complexity index is 438. The van der Waals surface area contributed by atoms with Gasteiger partial charge in [0.15, 0.2) is 0 Å². The second-order valence-electron chi connectivity index (χ2n) is 6.80. The summed E-state index contributed by atoms with van der Waals surface area (Å²) in [5.41, 5.74) is 0.177. The molecule has 2 rings (SSSR count). The highest BCUT2D eigenvalue weighted by Gasteiger charge is 2.63. The zero-order valence-corrected chi connectivity index (χ0v) is 12.8. The van der Waals surface area contributed by atoms with E-state index in [-0.39, 0.29) is 24.0 Å². The van der Waals surface area contributed by atoms with Crippen LogP contribution < -0.4 is 0 Å². The number of rotatable bonds is 2. The van der Waals surface area contributed by atoms with Gasteiger partial charge in [0.1, 0.15) is 5.60 Å². The van der Waals surface area contributed by atoms with Gasteiger partial charge in [-0.05, 0) is 30.8 Å². The summed E-state index contributed by atoms with van der Waals surface area (Å²) in [6.45, 7) is 5.73. The number of hydrogen-bond donors (Lipinski definition) is 3. The molecular weight excluding hydrogens is 256 g/mol. The van der Waals surface area contributed by atoms with Crippen LogP contribution in [0.1, 0.15) is 33.6 Å². The van der Waals surface area contributed by atoms with Gasteiger partial charge in [0.2, 0.25) is 0 Å². The van der Waals surface area contributed by atoms with E-state index in [2.05, 4.69) is 0 Å². The molecule has 0 aromatic carbocycles. The fourth-order valence-corrected chi connectivity index (χ4v) is 3.75. The van der Waals surface area contributed by atoms with Crippen LogP contribution in [-0.4, -0.2) is 46.8 Å². The summed E-state index contributed by atoms with van der Waals surface area (Å²) in [6, 6.07) is 0. The molecule has 20 heavy (non-hydrogen) atoms. The Kier molecular flexibility index (Phi) is 4.13. The van der Waals surface area contributed by atoms with Crippen LogP contribution in [0.25, 0.3) is 0 Å². The van der Waals surface area contributed by atoms with Gasteiger partial charge in [0, 0.05) is 13.0 Å². The van der Waals surface area contributed by atoms with Crippen molar-refractivity contribution in [2.45, 2.75) is 51.4 Å². The van der Waals surface area contributed by atoms with Gasteiger partial charge in [-0.3, -0.25) is 0 Å². The van der Waals surface area contributed by atoms with E-state index in [0.717, 1.165) is 17.6 Å². The lowest BCUT2D eigenvalue weighted by molar-refractivity contribution is -0.242. The average molecular weight is 282 g/mol. The minimum atomic E-state index is -1.20. The lowest BCUT2D eigenvalue weighted by Crippen LogP contribution is -2.68. The molecule has 0 radical (unpaired) electrons. The van der Waals surface area contributed by atoms with Gasteiger partial charge in [0.05, 0.1) is 18.8 Å². The summed E-state index contributed by atoms with van der Waals surface area (Å²) in [5, 5.41) is 31.2. The van der Waals surface area contributed by atoms with Crippen LogP contribution in [0.4, 0.5) is 0 Å². The molecule has 3 N–H and O–H groups in total. The lowest BCUT2D eigenvalue weighted by atomic mass is 9.48. The third-order valence-electron chi connectivity index (χ3n) is 5.08. The monoisotopic (exact) mass is 282 g/mol. The molecule has 114 valence electrons. The molecule has 0 aromatic heterocycles. The number of ether oxygens (including phenoxy) is 1. The standard InChI is InChI=1S/C16H26O4/c1-10-5-12(20-4)7-11(9-17)13-8-15(2,3)16(13,19)14(18)6-10/h5,7,12-14,17-19H,6,8-9H2,1-4H3/t12-,13-,14+,16-/m1/s1. The average Bonchev–Trinajstić information content (AvgIpc) is 2.41. The predicted octanol–water partition coefficient (Wildman–Crippen LogP) is 1.41. The van der Waals surface area contributed by atoms with Gasteiger partial charge in [-0.25, -0.2) is 0 Å². The molecule has 0 amide bonds. The van der Waals surface area contributed by atoms with E-state index in [1.54, 1.807) is 7.11 Å². The molecule has 2 aliphatic rings. The van der Waals surface area contributed by atoms with E-state index in [9.17, 15) is 15.3 Å². The van der Waals surface area contributed by atoms with Crippen LogP contribution >= 0.6 is 0 Å². The molecule has 1 fully saturated rings. The third-order valence-corrected chi connectivity index (χ3v) is 5.08. The largest absolute Gasteiger partial charge is 0.392 e. The first-order valence-corrected chi connectivity index (χ1v) is 7.18. The highest BCUT2D eigenvalue weighted by molar-refractivity contribution is 5.30. The summed E-state index contributed by atoms with van der Waals surface area (Å²) in [7, 11) is 1.62. The quantitative estimate of drug-likeness (QED) is 0.670. The van der Waals surface area contributed by atoms with E-state index in [4.69, 9.17) is 4.74 Å². The fourth-order valence-electron chi connectivity index (χ4n) is 3.75. The predicted molar refractivity (Wildman–Crippen MR) is 77.2 cm³/mol. The second-order valence-corrected chi connectivity index (χ2v) is 6.80. The maximum Gasteiger partial charge on any atom is 0.102 e. The van der Waals surface area contributed by atoms with Crippen LogP contribution in [0.15, 0.2) is 23.3 Å². The van der Waals surface area contributed by atoms with Crippen molar-refractivity contribution in [3.63, 3.8) is 0 Å². The van der Waals surface area contributed by atoms with Gasteiger partial charge in [-0.15, -0.1) is 0 Å². The van der Waals surface area contributed by atoms with Gasteiger partial charge in [-0.1, -0.05) is 31.6 Å². The van der Waals surface area contributed by atoms with Gasteiger partial charge in [0.25, 0.3) is 0 Å². The number of fused-ring (bicyclic) bond motifs is 1. The number of aliphatic hydroxyl groups excluding tert-OH is 2. The molecule has 0 bridgehead atoms. The molecule has 4 heteroatoms. The first kappa shape index (κ1) is 15.7. The van der Waals surface area contributed by atoms with Gasteiger partial charge < -0.3 is 20.1 Å². The molecule has 2 aliphatic carbocycles. The highest BCUT2D eigenvalue weighted by Crippen LogP contribution is 2.59. The Morgan fingerprint density at radius 3 is 2.50 bits per heavy atom. The summed E-state index contributed by atoms with van der Waals surface area (Å²) in [4.78, 5) is 0. The Balaban J connectivity index is 2.47. The van der Waals surface area contributed by atoms with Crippen molar-refractivity contribution in [1.82, 2.24) is 0 Å². The highest BCUT2D eigenvalue weighted by atomic mass is 16.5. The Morgan fingerprint density at radius 1 is 1.35 bits per heavy atom. The van der Waals surface area contributed by atoms with Crippen LogP contribution in [0.2, 0.25) is 0 Å². The maximum atomic E-state index is 11.1.